The van der Waals surface area contributed by atoms with Crippen molar-refractivity contribution in [1.82, 2.24) is 0 Å². The summed E-state index contributed by atoms with van der Waals surface area (Å²) in [5, 5.41) is 0. The Morgan fingerprint density at radius 3 is 2.14 bits per heavy atom. The van der Waals surface area contributed by atoms with Crippen LogP contribution in [-0.4, -0.2) is 32.4 Å². The first-order chi connectivity index (χ1) is 10.7. The van der Waals surface area contributed by atoms with E-state index in [1.807, 2.05) is 26.0 Å². The smallest absolute Gasteiger partial charge is 0.308 e. The molecule has 0 fully saturated rings. The van der Waals surface area contributed by atoms with Gasteiger partial charge in [-0.25, -0.2) is 4.79 Å². The minimum Gasteiger partial charge on any atom is -0.469 e. The zero-order valence-corrected chi connectivity index (χ0v) is 13.1. The van der Waals surface area contributed by atoms with Crippen LogP contribution in [0.2, 0.25) is 0 Å². The molecular weight excluding hydrogens is 286 g/mol. The summed E-state index contributed by atoms with van der Waals surface area (Å²) in [5.74, 6) is -0.436. The number of nitrogens with zero attached hydrogens (tertiary/aromatic N) is 1. The molecule has 6 heteroatoms. The van der Waals surface area contributed by atoms with E-state index in [-0.39, 0.29) is 6.42 Å². The van der Waals surface area contributed by atoms with Gasteiger partial charge >= 0.3 is 5.97 Å². The van der Waals surface area contributed by atoms with Crippen molar-refractivity contribution in [3.63, 3.8) is 0 Å². The van der Waals surface area contributed by atoms with Gasteiger partial charge in [0.05, 0.1) is 19.6 Å². The van der Waals surface area contributed by atoms with Gasteiger partial charge in [-0.2, -0.15) is 4.99 Å². The lowest BCUT2D eigenvalue weighted by molar-refractivity contribution is -0.141. The van der Waals surface area contributed by atoms with Crippen molar-refractivity contribution in [3.8, 4) is 0 Å². The van der Waals surface area contributed by atoms with E-state index < -0.39 is 18.3 Å². The molecule has 0 amide bonds. The van der Waals surface area contributed by atoms with E-state index in [1.165, 1.54) is 13.2 Å². The van der Waals surface area contributed by atoms with Crippen LogP contribution >= 0.6 is 0 Å². The molecule has 0 unspecified atom stereocenters. The van der Waals surface area contributed by atoms with Gasteiger partial charge in [0.25, 0.3) is 0 Å². The van der Waals surface area contributed by atoms with Crippen molar-refractivity contribution in [3.05, 3.63) is 35.4 Å². The van der Waals surface area contributed by atoms with E-state index in [1.54, 1.807) is 12.1 Å². The van der Waals surface area contributed by atoms with Crippen LogP contribution in [0.5, 0.6) is 0 Å². The quantitative estimate of drug-likeness (QED) is 0.303. The summed E-state index contributed by atoms with van der Waals surface area (Å²) in [7, 11) is 1.29. The van der Waals surface area contributed by atoms with Crippen molar-refractivity contribution in [1.29, 1.82) is 0 Å². The van der Waals surface area contributed by atoms with Crippen LogP contribution in [0.3, 0.4) is 0 Å². The number of benzene rings is 1. The Balaban J connectivity index is 2.92. The molecule has 1 atom stereocenters. The largest absolute Gasteiger partial charge is 0.469 e. The number of hydrogen-bond acceptors (Lipinski definition) is 6. The molecule has 0 aliphatic heterocycles. The van der Waals surface area contributed by atoms with Gasteiger partial charge < -0.3 is 14.2 Å². The third-order valence-electron chi connectivity index (χ3n) is 3.03. The molecule has 0 aliphatic rings. The molecule has 0 aromatic heterocycles. The molecular formula is C16H21NO5. The maximum Gasteiger partial charge on any atom is 0.308 e. The number of ether oxygens (including phenoxy) is 3. The van der Waals surface area contributed by atoms with Gasteiger partial charge in [-0.15, -0.1) is 0 Å². The number of hydrogen-bond donors (Lipinski definition) is 0. The van der Waals surface area contributed by atoms with E-state index in [0.717, 1.165) is 11.1 Å². The lowest BCUT2D eigenvalue weighted by atomic mass is 10.0. The van der Waals surface area contributed by atoms with Gasteiger partial charge in [0.2, 0.25) is 6.08 Å². The van der Waals surface area contributed by atoms with Crippen LogP contribution in [0.25, 0.3) is 0 Å². The lowest BCUT2D eigenvalue weighted by Crippen LogP contribution is -2.10. The lowest BCUT2D eigenvalue weighted by Gasteiger charge is -2.18. The van der Waals surface area contributed by atoms with E-state index >= 15 is 0 Å². The summed E-state index contributed by atoms with van der Waals surface area (Å²) in [6.07, 6.45) is 1.05. The van der Waals surface area contributed by atoms with Gasteiger partial charge in [0.1, 0.15) is 0 Å². The second kappa shape index (κ2) is 9.84. The first-order valence-corrected chi connectivity index (χ1v) is 7.13. The van der Waals surface area contributed by atoms with E-state index in [9.17, 15) is 9.59 Å². The number of carbonyl (C=O) groups is 1. The number of methoxy groups -OCH3 is 1. The standard InChI is InChI=1S/C16H21NO5/c1-4-21-16(22-5-2)13-8-6-12(7-9-13)14(17-11-18)10-15(19)20-3/h6-9,14,16H,4-5,10H2,1-3H3/t14-/m1/s1. The van der Waals surface area contributed by atoms with Crippen LogP contribution in [-0.2, 0) is 23.8 Å². The third-order valence-corrected chi connectivity index (χ3v) is 3.03. The minimum atomic E-state index is -0.600. The van der Waals surface area contributed by atoms with E-state index in [2.05, 4.69) is 9.73 Å². The molecule has 22 heavy (non-hydrogen) atoms. The van der Waals surface area contributed by atoms with Crippen molar-refractivity contribution in [2.45, 2.75) is 32.6 Å². The summed E-state index contributed by atoms with van der Waals surface area (Å²) in [4.78, 5) is 25.5. The molecule has 1 rings (SSSR count). The van der Waals surface area contributed by atoms with Crippen LogP contribution in [0.15, 0.2) is 29.3 Å². The molecule has 0 aliphatic carbocycles. The predicted octanol–water partition coefficient (Wildman–Crippen LogP) is 2.70. The Morgan fingerprint density at radius 1 is 1.14 bits per heavy atom. The van der Waals surface area contributed by atoms with Gasteiger partial charge in [0, 0.05) is 18.8 Å². The van der Waals surface area contributed by atoms with Crippen LogP contribution in [0, 0.1) is 0 Å². The summed E-state index contributed by atoms with van der Waals surface area (Å²) >= 11 is 0. The SMILES string of the molecule is CCOC(OCC)c1ccc([C@@H](CC(=O)OC)N=C=O)cc1. The summed E-state index contributed by atoms with van der Waals surface area (Å²) in [6.45, 7) is 4.86. The normalized spacial score (nSPS) is 11.8. The van der Waals surface area contributed by atoms with Crippen molar-refractivity contribution >= 4 is 12.0 Å². The monoisotopic (exact) mass is 307 g/mol. The minimum absolute atomic E-state index is 0.00850. The van der Waals surface area contributed by atoms with Gasteiger partial charge in [-0.3, -0.25) is 4.79 Å². The summed E-state index contributed by atoms with van der Waals surface area (Å²) in [6, 6.07) is 6.63. The maximum atomic E-state index is 11.4. The molecule has 0 radical (unpaired) electrons. The highest BCUT2D eigenvalue weighted by molar-refractivity contribution is 5.70. The molecule has 0 saturated heterocycles. The van der Waals surface area contributed by atoms with Crippen LogP contribution < -0.4 is 0 Å². The highest BCUT2D eigenvalue weighted by atomic mass is 16.7. The van der Waals surface area contributed by atoms with E-state index in [0.29, 0.717) is 13.2 Å². The summed E-state index contributed by atoms with van der Waals surface area (Å²) < 4.78 is 15.6. The molecule has 120 valence electrons. The first kappa shape index (κ1) is 18.0. The molecule has 0 N–H and O–H groups in total. The number of aliphatic imine (C=N–C) groups is 1. The fraction of sp³-hybridized carbons (Fsp3) is 0.500. The molecule has 0 bridgehead atoms. The van der Waals surface area contributed by atoms with Crippen LogP contribution in [0.4, 0.5) is 0 Å². The zero-order chi connectivity index (χ0) is 16.4. The van der Waals surface area contributed by atoms with Crippen molar-refractivity contribution in [2.75, 3.05) is 20.3 Å². The highest BCUT2D eigenvalue weighted by Crippen LogP contribution is 2.25. The third kappa shape index (κ3) is 5.41. The van der Waals surface area contributed by atoms with Crippen molar-refractivity contribution in [2.24, 2.45) is 4.99 Å². The second-order valence-electron chi connectivity index (χ2n) is 4.43. The number of isocyanates is 1. The van der Waals surface area contributed by atoms with Crippen molar-refractivity contribution < 1.29 is 23.8 Å². The number of esters is 1. The Bertz CT molecular complexity index is 502. The molecule has 1 aromatic carbocycles. The topological polar surface area (TPSA) is 74.2 Å². The summed E-state index contributed by atoms with van der Waals surface area (Å²) in [5.41, 5.74) is 1.59. The maximum absolute atomic E-state index is 11.4. The molecule has 0 heterocycles. The fourth-order valence-electron chi connectivity index (χ4n) is 1.96. The Kier molecular flexibility index (Phi) is 8.07. The average Bonchev–Trinajstić information content (AvgIpc) is 2.54. The molecule has 6 nitrogen and oxygen atoms in total. The van der Waals surface area contributed by atoms with Gasteiger partial charge in [-0.05, 0) is 19.4 Å². The average molecular weight is 307 g/mol. The zero-order valence-electron chi connectivity index (χ0n) is 13.1. The fourth-order valence-corrected chi connectivity index (χ4v) is 1.96. The number of rotatable bonds is 9. The Hall–Kier alpha value is -2.01. The predicted molar refractivity (Wildman–Crippen MR) is 79.9 cm³/mol. The second-order valence-corrected chi connectivity index (χ2v) is 4.43. The van der Waals surface area contributed by atoms with Gasteiger partial charge in [-0.1, -0.05) is 24.3 Å². The highest BCUT2D eigenvalue weighted by Gasteiger charge is 2.17. The van der Waals surface area contributed by atoms with Gasteiger partial charge in [0.15, 0.2) is 6.29 Å². The molecule has 1 aromatic rings. The molecule has 0 saturated carbocycles. The van der Waals surface area contributed by atoms with Crippen LogP contribution in [0.1, 0.15) is 43.7 Å². The first-order valence-electron chi connectivity index (χ1n) is 7.13. The Labute approximate surface area is 130 Å². The number of carbonyl (C=O) groups excluding carboxylic acids is 2. The van der Waals surface area contributed by atoms with E-state index in [4.69, 9.17) is 9.47 Å². The Morgan fingerprint density at radius 2 is 1.68 bits per heavy atom. The molecule has 0 spiro atoms.